The van der Waals surface area contributed by atoms with Crippen LogP contribution in [0.1, 0.15) is 55.3 Å². The van der Waals surface area contributed by atoms with Crippen LogP contribution in [0.3, 0.4) is 0 Å². The highest BCUT2D eigenvalue weighted by Gasteiger charge is 2.21. The Hall–Kier alpha value is -2.27. The Balaban J connectivity index is 2.04. The second kappa shape index (κ2) is 6.47. The van der Waals surface area contributed by atoms with Gasteiger partial charge in [-0.15, -0.1) is 11.3 Å². The van der Waals surface area contributed by atoms with Crippen LogP contribution in [0.5, 0.6) is 0 Å². The fraction of sp³-hybridized carbons (Fsp3) is 0.381. The molecule has 0 bridgehead atoms. The summed E-state index contributed by atoms with van der Waals surface area (Å²) in [6.45, 7) is 10.7. The average molecular weight is 365 g/mol. The van der Waals surface area contributed by atoms with Gasteiger partial charge in [-0.05, 0) is 57.7 Å². The smallest absolute Gasteiger partial charge is 0.157 e. The molecule has 0 fully saturated rings. The van der Waals surface area contributed by atoms with E-state index in [1.165, 1.54) is 10.3 Å². The maximum atomic E-state index is 4.93. The minimum Gasteiger partial charge on any atom is -0.252 e. The molecule has 0 saturated carbocycles. The van der Waals surface area contributed by atoms with Crippen LogP contribution in [0.15, 0.2) is 23.6 Å². The standard InChI is InChI=1S/C21H24N4S/c1-6-15(7-2)16-10-13(4)24-25-20(14(5)23-21(16)25)17-11-26-18-9-8-12(3)22-19(17)18/h8-11,15H,6-7H2,1-5H3. The molecule has 5 heteroatoms. The van der Waals surface area contributed by atoms with Crippen LogP contribution in [0, 0.1) is 20.8 Å². The first-order valence-electron chi connectivity index (χ1n) is 9.25. The molecule has 0 saturated heterocycles. The zero-order valence-electron chi connectivity index (χ0n) is 16.0. The first-order valence-corrected chi connectivity index (χ1v) is 10.1. The van der Waals surface area contributed by atoms with Crippen LogP contribution >= 0.6 is 11.3 Å². The van der Waals surface area contributed by atoms with E-state index >= 15 is 0 Å². The van der Waals surface area contributed by atoms with Gasteiger partial charge in [-0.1, -0.05) is 13.8 Å². The summed E-state index contributed by atoms with van der Waals surface area (Å²) in [6.07, 6.45) is 2.22. The molecule has 0 amide bonds. The number of fused-ring (bicyclic) bond motifs is 2. The quantitative estimate of drug-likeness (QED) is 0.457. The van der Waals surface area contributed by atoms with E-state index in [1.807, 2.05) is 11.4 Å². The Bertz CT molecular complexity index is 1100. The summed E-state index contributed by atoms with van der Waals surface area (Å²) in [6, 6.07) is 6.42. The second-order valence-electron chi connectivity index (χ2n) is 6.98. The van der Waals surface area contributed by atoms with E-state index in [0.717, 1.165) is 52.3 Å². The lowest BCUT2D eigenvalue weighted by molar-refractivity contribution is 0.638. The molecule has 0 aliphatic heterocycles. The minimum absolute atomic E-state index is 0.508. The Labute approximate surface area is 157 Å². The van der Waals surface area contributed by atoms with Crippen LogP contribution in [0.25, 0.3) is 27.1 Å². The third kappa shape index (κ3) is 2.62. The Morgan fingerprint density at radius 2 is 1.81 bits per heavy atom. The van der Waals surface area contributed by atoms with Crippen molar-refractivity contribution >= 4 is 27.2 Å². The normalized spacial score (nSPS) is 11.9. The zero-order chi connectivity index (χ0) is 18.4. The predicted molar refractivity (Wildman–Crippen MR) is 109 cm³/mol. The monoisotopic (exact) mass is 364 g/mol. The van der Waals surface area contributed by atoms with E-state index in [1.54, 1.807) is 11.3 Å². The van der Waals surface area contributed by atoms with Crippen molar-refractivity contribution in [2.75, 3.05) is 0 Å². The molecule has 0 aliphatic rings. The molecule has 0 N–H and O–H groups in total. The lowest BCUT2D eigenvalue weighted by atomic mass is 9.95. The summed E-state index contributed by atoms with van der Waals surface area (Å²) in [7, 11) is 0. The molecule has 134 valence electrons. The van der Waals surface area contributed by atoms with Crippen LogP contribution in [0.4, 0.5) is 0 Å². The molecule has 4 nitrogen and oxygen atoms in total. The van der Waals surface area contributed by atoms with Crippen LogP contribution in [-0.2, 0) is 0 Å². The van der Waals surface area contributed by atoms with Gasteiger partial charge in [0.15, 0.2) is 5.65 Å². The first kappa shape index (κ1) is 17.2. The van der Waals surface area contributed by atoms with Gasteiger partial charge in [0.2, 0.25) is 0 Å². The Kier molecular flexibility index (Phi) is 4.27. The largest absolute Gasteiger partial charge is 0.252 e. The van der Waals surface area contributed by atoms with Crippen LogP contribution in [0.2, 0.25) is 0 Å². The van der Waals surface area contributed by atoms with Gasteiger partial charge < -0.3 is 0 Å². The van der Waals surface area contributed by atoms with Gasteiger partial charge in [0.05, 0.1) is 27.3 Å². The number of aromatic nitrogens is 4. The second-order valence-corrected chi connectivity index (χ2v) is 7.90. The Morgan fingerprint density at radius 3 is 2.54 bits per heavy atom. The fourth-order valence-corrected chi connectivity index (χ4v) is 4.68. The predicted octanol–water partition coefficient (Wildman–Crippen LogP) is 5.83. The highest BCUT2D eigenvalue weighted by molar-refractivity contribution is 7.17. The third-order valence-electron chi connectivity index (χ3n) is 5.15. The van der Waals surface area contributed by atoms with E-state index in [9.17, 15) is 0 Å². The van der Waals surface area contributed by atoms with Crippen molar-refractivity contribution in [3.63, 3.8) is 0 Å². The van der Waals surface area contributed by atoms with Crippen molar-refractivity contribution in [2.45, 2.75) is 53.4 Å². The molecule has 4 heterocycles. The maximum Gasteiger partial charge on any atom is 0.157 e. The van der Waals surface area contributed by atoms with Gasteiger partial charge in [0.1, 0.15) is 0 Å². The summed E-state index contributed by atoms with van der Waals surface area (Å²) in [4.78, 5) is 9.73. The van der Waals surface area contributed by atoms with Gasteiger partial charge in [-0.3, -0.25) is 4.98 Å². The van der Waals surface area contributed by atoms with Gasteiger partial charge in [0.25, 0.3) is 0 Å². The summed E-state index contributed by atoms with van der Waals surface area (Å²) in [5, 5.41) is 7.01. The number of hydrogen-bond donors (Lipinski definition) is 0. The number of aryl methyl sites for hydroxylation is 3. The van der Waals surface area contributed by atoms with Gasteiger partial charge in [0, 0.05) is 22.2 Å². The van der Waals surface area contributed by atoms with E-state index in [0.29, 0.717) is 5.92 Å². The summed E-state index contributed by atoms with van der Waals surface area (Å²) in [5.74, 6) is 0.508. The molecule has 0 aliphatic carbocycles. The SMILES string of the molecule is CCC(CC)c1cc(C)nn2c(-c3csc4ccc(C)nc34)c(C)nc12. The third-order valence-corrected chi connectivity index (χ3v) is 6.08. The minimum atomic E-state index is 0.508. The highest BCUT2D eigenvalue weighted by atomic mass is 32.1. The molecule has 4 aromatic heterocycles. The van der Waals surface area contributed by atoms with Gasteiger partial charge in [-0.25, -0.2) is 9.50 Å². The number of thiophene rings is 1. The van der Waals surface area contributed by atoms with Crippen molar-refractivity contribution in [3.8, 4) is 11.3 Å². The van der Waals surface area contributed by atoms with E-state index in [4.69, 9.17) is 15.1 Å². The molecule has 0 unspecified atom stereocenters. The van der Waals surface area contributed by atoms with Gasteiger partial charge in [-0.2, -0.15) is 5.10 Å². The highest BCUT2D eigenvalue weighted by Crippen LogP contribution is 2.36. The topological polar surface area (TPSA) is 43.1 Å². The molecule has 26 heavy (non-hydrogen) atoms. The number of hydrogen-bond acceptors (Lipinski definition) is 4. The van der Waals surface area contributed by atoms with Crippen LogP contribution < -0.4 is 0 Å². The number of nitrogens with zero attached hydrogens (tertiary/aromatic N) is 4. The fourth-order valence-electron chi connectivity index (χ4n) is 3.79. The molecular weight excluding hydrogens is 340 g/mol. The van der Waals surface area contributed by atoms with Crippen molar-refractivity contribution in [2.24, 2.45) is 0 Å². The van der Waals surface area contributed by atoms with Gasteiger partial charge >= 0.3 is 0 Å². The zero-order valence-corrected chi connectivity index (χ0v) is 16.8. The molecule has 0 atom stereocenters. The number of imidazole rings is 1. The van der Waals surface area contributed by atoms with E-state index in [2.05, 4.69) is 51.3 Å². The summed E-state index contributed by atoms with van der Waals surface area (Å²) < 4.78 is 3.25. The van der Waals surface area contributed by atoms with E-state index < -0.39 is 0 Å². The molecule has 0 radical (unpaired) electrons. The number of pyridine rings is 1. The van der Waals surface area contributed by atoms with Crippen molar-refractivity contribution in [3.05, 3.63) is 46.2 Å². The Morgan fingerprint density at radius 1 is 1.04 bits per heavy atom. The van der Waals surface area contributed by atoms with Crippen molar-refractivity contribution in [1.82, 2.24) is 19.6 Å². The summed E-state index contributed by atoms with van der Waals surface area (Å²) >= 11 is 1.73. The van der Waals surface area contributed by atoms with Crippen molar-refractivity contribution in [1.29, 1.82) is 0 Å². The van der Waals surface area contributed by atoms with Crippen LogP contribution in [-0.4, -0.2) is 19.6 Å². The molecule has 4 rings (SSSR count). The number of rotatable bonds is 4. The van der Waals surface area contributed by atoms with E-state index in [-0.39, 0.29) is 0 Å². The summed E-state index contributed by atoms with van der Waals surface area (Å²) in [5.41, 5.74) is 8.62. The maximum absolute atomic E-state index is 4.93. The first-order chi connectivity index (χ1) is 12.5. The molecule has 0 aromatic carbocycles. The van der Waals surface area contributed by atoms with Crippen molar-refractivity contribution < 1.29 is 0 Å². The average Bonchev–Trinajstić information content (AvgIpc) is 3.15. The molecular formula is C21H24N4S. The molecule has 4 aromatic rings. The lowest BCUT2D eigenvalue weighted by Gasteiger charge is -2.14. The molecule has 0 spiro atoms. The lowest BCUT2D eigenvalue weighted by Crippen LogP contribution is -2.05.